The third-order valence-electron chi connectivity index (χ3n) is 2.35. The SMILES string of the molecule is CC(=O)O[C@@H]1OC(=O)[C@](Br)(C(C)=O)[C@@H]1C. The molecule has 0 saturated carbocycles. The van der Waals surface area contributed by atoms with Gasteiger partial charge in [0.25, 0.3) is 6.29 Å². The maximum absolute atomic E-state index is 11.5. The van der Waals surface area contributed by atoms with E-state index >= 15 is 0 Å². The summed E-state index contributed by atoms with van der Waals surface area (Å²) in [6.45, 7) is 4.10. The van der Waals surface area contributed by atoms with Crippen LogP contribution < -0.4 is 0 Å². The number of carbonyl (C=O) groups is 3. The molecule has 5 nitrogen and oxygen atoms in total. The van der Waals surface area contributed by atoms with Crippen molar-refractivity contribution < 1.29 is 23.9 Å². The van der Waals surface area contributed by atoms with Gasteiger partial charge in [-0.15, -0.1) is 0 Å². The van der Waals surface area contributed by atoms with Gasteiger partial charge in [0.1, 0.15) is 0 Å². The van der Waals surface area contributed by atoms with Gasteiger partial charge in [0, 0.05) is 6.92 Å². The number of ketones is 1. The number of Topliss-reactive ketones (excluding diaryl/α,β-unsaturated/α-hetero) is 1. The molecule has 15 heavy (non-hydrogen) atoms. The summed E-state index contributed by atoms with van der Waals surface area (Å²) in [6, 6.07) is 0. The highest BCUT2D eigenvalue weighted by Crippen LogP contribution is 2.40. The maximum atomic E-state index is 11.5. The Kier molecular flexibility index (Phi) is 3.18. The van der Waals surface area contributed by atoms with Crippen LogP contribution in [0, 0.1) is 5.92 Å². The van der Waals surface area contributed by atoms with Gasteiger partial charge in [-0.2, -0.15) is 0 Å². The van der Waals surface area contributed by atoms with Crippen LogP contribution in [0.3, 0.4) is 0 Å². The monoisotopic (exact) mass is 278 g/mol. The van der Waals surface area contributed by atoms with Crippen LogP contribution in [0.5, 0.6) is 0 Å². The van der Waals surface area contributed by atoms with E-state index in [9.17, 15) is 14.4 Å². The maximum Gasteiger partial charge on any atom is 0.334 e. The fourth-order valence-corrected chi connectivity index (χ4v) is 1.73. The molecule has 0 aromatic heterocycles. The summed E-state index contributed by atoms with van der Waals surface area (Å²) in [5.74, 6) is -2.19. The average molecular weight is 279 g/mol. The molecule has 0 amide bonds. The van der Waals surface area contributed by atoms with Gasteiger partial charge < -0.3 is 9.47 Å². The second-order valence-corrected chi connectivity index (χ2v) is 4.69. The zero-order valence-electron chi connectivity index (χ0n) is 8.57. The zero-order valence-corrected chi connectivity index (χ0v) is 10.2. The number of alkyl halides is 1. The quantitative estimate of drug-likeness (QED) is 0.424. The number of rotatable bonds is 2. The van der Waals surface area contributed by atoms with Crippen LogP contribution in [0.25, 0.3) is 0 Å². The van der Waals surface area contributed by atoms with E-state index in [1.807, 2.05) is 0 Å². The van der Waals surface area contributed by atoms with Crippen molar-refractivity contribution in [2.24, 2.45) is 5.92 Å². The molecule has 84 valence electrons. The Morgan fingerprint density at radius 3 is 2.33 bits per heavy atom. The average Bonchev–Trinajstić information content (AvgIpc) is 2.31. The van der Waals surface area contributed by atoms with Crippen LogP contribution in [0.15, 0.2) is 0 Å². The molecule has 0 spiro atoms. The van der Waals surface area contributed by atoms with E-state index in [2.05, 4.69) is 15.9 Å². The minimum atomic E-state index is -1.40. The molecular formula is C9H11BrO5. The summed E-state index contributed by atoms with van der Waals surface area (Å²) in [5.41, 5.74) is 0. The van der Waals surface area contributed by atoms with Crippen molar-refractivity contribution in [1.29, 1.82) is 0 Å². The first-order chi connectivity index (χ1) is 6.80. The highest BCUT2D eigenvalue weighted by atomic mass is 79.9. The molecule has 1 aliphatic heterocycles. The molecule has 1 fully saturated rings. The first-order valence-corrected chi connectivity index (χ1v) is 5.17. The van der Waals surface area contributed by atoms with Gasteiger partial charge in [0.05, 0.1) is 5.92 Å². The molecule has 0 unspecified atom stereocenters. The Morgan fingerprint density at radius 2 is 2.00 bits per heavy atom. The van der Waals surface area contributed by atoms with Gasteiger partial charge >= 0.3 is 11.9 Å². The minimum absolute atomic E-state index is 0.366. The van der Waals surface area contributed by atoms with Crippen LogP contribution in [0.2, 0.25) is 0 Å². The first-order valence-electron chi connectivity index (χ1n) is 4.38. The van der Waals surface area contributed by atoms with Crippen LogP contribution >= 0.6 is 15.9 Å². The van der Waals surface area contributed by atoms with Crippen molar-refractivity contribution in [2.75, 3.05) is 0 Å². The molecule has 0 bridgehead atoms. The van der Waals surface area contributed by atoms with E-state index in [0.717, 1.165) is 0 Å². The van der Waals surface area contributed by atoms with Gasteiger partial charge in [-0.25, -0.2) is 4.79 Å². The standard InChI is InChI=1S/C9H11BrO5/c1-4-7(14-6(3)12)15-8(13)9(4,10)5(2)11/h4,7H,1-3H3/t4-,7-,9-/m1/s1. The van der Waals surface area contributed by atoms with Crippen LogP contribution in [0.4, 0.5) is 0 Å². The van der Waals surface area contributed by atoms with E-state index in [1.165, 1.54) is 13.8 Å². The van der Waals surface area contributed by atoms with Crippen LogP contribution in [-0.2, 0) is 23.9 Å². The zero-order chi connectivity index (χ0) is 11.8. The minimum Gasteiger partial charge on any atom is -0.425 e. The summed E-state index contributed by atoms with van der Waals surface area (Å²) in [6.07, 6.45) is -1.00. The second-order valence-electron chi connectivity index (χ2n) is 3.44. The molecule has 0 aromatic carbocycles. The smallest absolute Gasteiger partial charge is 0.334 e. The normalized spacial score (nSPS) is 34.8. The molecular weight excluding hydrogens is 268 g/mol. The predicted molar refractivity (Wildman–Crippen MR) is 53.1 cm³/mol. The molecule has 1 heterocycles. The Hall–Kier alpha value is -0.910. The van der Waals surface area contributed by atoms with E-state index in [-0.39, 0.29) is 5.78 Å². The Labute approximate surface area is 95.2 Å². The Morgan fingerprint density at radius 1 is 1.47 bits per heavy atom. The van der Waals surface area contributed by atoms with Gasteiger partial charge in [-0.1, -0.05) is 22.9 Å². The van der Waals surface area contributed by atoms with Crippen molar-refractivity contribution in [3.05, 3.63) is 0 Å². The van der Waals surface area contributed by atoms with Crippen molar-refractivity contribution in [3.8, 4) is 0 Å². The van der Waals surface area contributed by atoms with Crippen molar-refractivity contribution in [3.63, 3.8) is 0 Å². The van der Waals surface area contributed by atoms with Crippen molar-refractivity contribution >= 4 is 33.7 Å². The van der Waals surface area contributed by atoms with Crippen molar-refractivity contribution in [2.45, 2.75) is 31.4 Å². The lowest BCUT2D eigenvalue weighted by atomic mass is 9.92. The Balaban J connectivity index is 2.92. The number of hydrogen-bond acceptors (Lipinski definition) is 5. The van der Waals surface area contributed by atoms with Gasteiger partial charge in [-0.05, 0) is 6.92 Å². The van der Waals surface area contributed by atoms with Gasteiger partial charge in [0.2, 0.25) is 0 Å². The predicted octanol–water partition coefficient (Wildman–Crippen LogP) is 0.791. The summed E-state index contributed by atoms with van der Waals surface area (Å²) in [5, 5.41) is 0. The number of carbonyl (C=O) groups excluding carboxylic acids is 3. The molecule has 0 aliphatic carbocycles. The Bertz CT molecular complexity index is 326. The molecule has 1 rings (SSSR count). The highest BCUT2D eigenvalue weighted by Gasteiger charge is 2.58. The van der Waals surface area contributed by atoms with E-state index < -0.39 is 28.5 Å². The molecule has 1 saturated heterocycles. The lowest BCUT2D eigenvalue weighted by Crippen LogP contribution is -2.41. The molecule has 0 radical (unpaired) electrons. The van der Waals surface area contributed by atoms with Gasteiger partial charge in [0.15, 0.2) is 10.1 Å². The number of ether oxygens (including phenoxy) is 2. The third kappa shape index (κ3) is 1.90. The lowest BCUT2D eigenvalue weighted by molar-refractivity contribution is -0.179. The van der Waals surface area contributed by atoms with E-state index in [0.29, 0.717) is 0 Å². The fraction of sp³-hybridized carbons (Fsp3) is 0.667. The molecule has 0 aromatic rings. The van der Waals surface area contributed by atoms with E-state index in [4.69, 9.17) is 9.47 Å². The fourth-order valence-electron chi connectivity index (χ4n) is 1.42. The molecule has 0 N–H and O–H groups in total. The van der Waals surface area contributed by atoms with Crippen molar-refractivity contribution in [1.82, 2.24) is 0 Å². The van der Waals surface area contributed by atoms with E-state index in [1.54, 1.807) is 6.92 Å². The summed E-state index contributed by atoms with van der Waals surface area (Å²) in [7, 11) is 0. The second kappa shape index (κ2) is 3.92. The summed E-state index contributed by atoms with van der Waals surface area (Å²) < 4.78 is 8.19. The van der Waals surface area contributed by atoms with Crippen LogP contribution in [-0.4, -0.2) is 28.3 Å². The number of hydrogen-bond donors (Lipinski definition) is 0. The largest absolute Gasteiger partial charge is 0.425 e. The molecule has 6 heteroatoms. The third-order valence-corrected chi connectivity index (χ3v) is 3.95. The molecule has 1 aliphatic rings. The topological polar surface area (TPSA) is 69.7 Å². The number of cyclic esters (lactones) is 1. The first kappa shape index (κ1) is 12.2. The molecule has 3 atom stereocenters. The van der Waals surface area contributed by atoms with Gasteiger partial charge in [-0.3, -0.25) is 9.59 Å². The number of halogens is 1. The number of esters is 2. The summed E-state index contributed by atoms with van der Waals surface area (Å²) >= 11 is 3.06. The summed E-state index contributed by atoms with van der Waals surface area (Å²) in [4.78, 5) is 33.5. The lowest BCUT2D eigenvalue weighted by Gasteiger charge is -2.20. The highest BCUT2D eigenvalue weighted by molar-refractivity contribution is 9.10. The van der Waals surface area contributed by atoms with Crippen LogP contribution in [0.1, 0.15) is 20.8 Å².